The molecule has 1 saturated heterocycles. The van der Waals surface area contributed by atoms with Crippen LogP contribution >= 0.6 is 0 Å². The maximum Gasteiger partial charge on any atom is 0.295 e. The number of aromatic nitrogens is 3. The zero-order valence-corrected chi connectivity index (χ0v) is 21.1. The van der Waals surface area contributed by atoms with E-state index in [0.29, 0.717) is 36.6 Å². The molecule has 2 aliphatic heterocycles. The maximum atomic E-state index is 13.7. The Morgan fingerprint density at radius 3 is 2.53 bits per heavy atom. The average Bonchev–Trinajstić information content (AvgIpc) is 3.24. The van der Waals surface area contributed by atoms with Crippen LogP contribution in [0.2, 0.25) is 0 Å². The predicted molar refractivity (Wildman–Crippen MR) is 142 cm³/mol. The van der Waals surface area contributed by atoms with Gasteiger partial charge in [-0.2, -0.15) is 0 Å². The summed E-state index contributed by atoms with van der Waals surface area (Å²) >= 11 is 0. The second kappa shape index (κ2) is 10.6. The van der Waals surface area contributed by atoms with Gasteiger partial charge in [0, 0.05) is 37.5 Å². The molecule has 1 N–H and O–H groups in total. The number of allylic oxidation sites excluding steroid dienone is 1. The average molecular weight is 489 g/mol. The zero-order chi connectivity index (χ0) is 25.1. The Morgan fingerprint density at radius 1 is 1.06 bits per heavy atom. The predicted octanol–water partition coefficient (Wildman–Crippen LogP) is 2.84. The van der Waals surface area contributed by atoms with Crippen molar-refractivity contribution >= 4 is 28.3 Å². The van der Waals surface area contributed by atoms with Crippen LogP contribution in [0.3, 0.4) is 0 Å². The number of hydrogen-bond donors (Lipinski definition) is 1. The standard InChI is InChI=1S/C27H32N6O3/c1-18-16-29-19(2)24(18)22-8-9-23-26(31-22)33(17-20-4-6-21(35-3)7-5-20)27(34)25(30-23)28-10-11-32-12-14-36-15-13-32/h4-9H,10-17H2,1-3H3,(H,28,30). The molecule has 0 radical (unpaired) electrons. The number of benzene rings is 1. The molecule has 5 rings (SSSR count). The van der Waals surface area contributed by atoms with Gasteiger partial charge in [0.25, 0.3) is 5.56 Å². The minimum atomic E-state index is -0.188. The number of nitrogens with zero attached hydrogens (tertiary/aromatic N) is 5. The number of aliphatic imine (C=N–C) groups is 1. The van der Waals surface area contributed by atoms with E-state index in [1.54, 1.807) is 11.7 Å². The molecule has 0 spiro atoms. The first-order valence-electron chi connectivity index (χ1n) is 12.3. The third-order valence-electron chi connectivity index (χ3n) is 6.71. The Bertz CT molecular complexity index is 1370. The maximum absolute atomic E-state index is 13.7. The summed E-state index contributed by atoms with van der Waals surface area (Å²) in [6.45, 7) is 9.89. The molecule has 3 aromatic rings. The lowest BCUT2D eigenvalue weighted by Gasteiger charge is -2.26. The van der Waals surface area contributed by atoms with E-state index < -0.39 is 0 Å². The molecule has 2 aromatic heterocycles. The summed E-state index contributed by atoms with van der Waals surface area (Å²) in [4.78, 5) is 30.1. The van der Waals surface area contributed by atoms with Crippen molar-refractivity contribution in [1.29, 1.82) is 0 Å². The number of nitrogens with one attached hydrogen (secondary N) is 1. The number of ether oxygens (including phenoxy) is 2. The van der Waals surface area contributed by atoms with Crippen LogP contribution in [0.5, 0.6) is 5.75 Å². The van der Waals surface area contributed by atoms with Crippen molar-refractivity contribution in [2.75, 3.05) is 58.4 Å². The second-order valence-electron chi connectivity index (χ2n) is 9.18. The molecule has 188 valence electrons. The molecule has 0 atom stereocenters. The second-order valence-corrected chi connectivity index (χ2v) is 9.18. The molecule has 0 aliphatic carbocycles. The minimum absolute atomic E-state index is 0.188. The van der Waals surface area contributed by atoms with E-state index in [4.69, 9.17) is 14.5 Å². The smallest absolute Gasteiger partial charge is 0.295 e. The molecule has 0 bridgehead atoms. The van der Waals surface area contributed by atoms with Gasteiger partial charge in [-0.3, -0.25) is 19.3 Å². The minimum Gasteiger partial charge on any atom is -0.497 e. The van der Waals surface area contributed by atoms with E-state index in [-0.39, 0.29) is 5.56 Å². The van der Waals surface area contributed by atoms with Gasteiger partial charge in [-0.25, -0.2) is 9.97 Å². The monoisotopic (exact) mass is 488 g/mol. The number of rotatable bonds is 8. The van der Waals surface area contributed by atoms with Crippen LogP contribution in [0.15, 0.2) is 51.8 Å². The summed E-state index contributed by atoms with van der Waals surface area (Å²) in [5, 5.41) is 3.28. The van der Waals surface area contributed by atoms with Crippen molar-refractivity contribution in [2.24, 2.45) is 4.99 Å². The number of methoxy groups -OCH3 is 1. The largest absolute Gasteiger partial charge is 0.497 e. The first-order valence-corrected chi connectivity index (χ1v) is 12.3. The lowest BCUT2D eigenvalue weighted by molar-refractivity contribution is 0.0398. The van der Waals surface area contributed by atoms with E-state index in [2.05, 4.69) is 27.1 Å². The summed E-state index contributed by atoms with van der Waals surface area (Å²) in [7, 11) is 1.64. The van der Waals surface area contributed by atoms with Gasteiger partial charge >= 0.3 is 0 Å². The van der Waals surface area contributed by atoms with E-state index in [1.807, 2.05) is 43.3 Å². The van der Waals surface area contributed by atoms with Crippen molar-refractivity contribution in [1.82, 2.24) is 19.4 Å². The fourth-order valence-electron chi connectivity index (χ4n) is 4.70. The van der Waals surface area contributed by atoms with Crippen molar-refractivity contribution in [3.8, 4) is 5.75 Å². The highest BCUT2D eigenvalue weighted by atomic mass is 16.5. The fourth-order valence-corrected chi connectivity index (χ4v) is 4.70. The van der Waals surface area contributed by atoms with E-state index in [9.17, 15) is 4.79 Å². The van der Waals surface area contributed by atoms with Crippen LogP contribution in [0.4, 0.5) is 5.82 Å². The Morgan fingerprint density at radius 2 is 1.83 bits per heavy atom. The number of pyridine rings is 1. The van der Waals surface area contributed by atoms with Gasteiger partial charge in [0.15, 0.2) is 11.5 Å². The molecule has 0 unspecified atom stereocenters. The summed E-state index contributed by atoms with van der Waals surface area (Å²) in [5.74, 6) is 1.11. The third-order valence-corrected chi connectivity index (χ3v) is 6.71. The Balaban J connectivity index is 1.51. The lowest BCUT2D eigenvalue weighted by Crippen LogP contribution is -2.39. The van der Waals surface area contributed by atoms with Crippen LogP contribution in [-0.2, 0) is 11.3 Å². The van der Waals surface area contributed by atoms with Gasteiger partial charge in [-0.15, -0.1) is 0 Å². The molecule has 36 heavy (non-hydrogen) atoms. The fraction of sp³-hybridized carbons (Fsp3) is 0.407. The quantitative estimate of drug-likeness (QED) is 0.521. The highest BCUT2D eigenvalue weighted by Crippen LogP contribution is 2.26. The van der Waals surface area contributed by atoms with Crippen molar-refractivity contribution in [3.05, 3.63) is 63.6 Å². The first kappa shape index (κ1) is 24.1. The molecule has 2 aliphatic rings. The molecular weight excluding hydrogens is 456 g/mol. The van der Waals surface area contributed by atoms with Gasteiger partial charge in [-0.05, 0) is 49.2 Å². The first-order chi connectivity index (χ1) is 17.5. The van der Waals surface area contributed by atoms with Crippen molar-refractivity contribution in [3.63, 3.8) is 0 Å². The van der Waals surface area contributed by atoms with Crippen LogP contribution < -0.4 is 15.6 Å². The molecule has 1 fully saturated rings. The van der Waals surface area contributed by atoms with E-state index in [0.717, 1.165) is 61.1 Å². The third kappa shape index (κ3) is 5.03. The molecule has 4 heterocycles. The van der Waals surface area contributed by atoms with Crippen LogP contribution in [-0.4, -0.2) is 78.2 Å². The number of fused-ring (bicyclic) bond motifs is 1. The summed E-state index contributed by atoms with van der Waals surface area (Å²) in [6.07, 6.45) is 0. The number of morpholine rings is 1. The van der Waals surface area contributed by atoms with Gasteiger partial charge in [0.05, 0.1) is 39.1 Å². The normalized spacial score (nSPS) is 16.5. The Hall–Kier alpha value is -3.56. The van der Waals surface area contributed by atoms with E-state index >= 15 is 0 Å². The van der Waals surface area contributed by atoms with Crippen molar-refractivity contribution in [2.45, 2.75) is 20.4 Å². The highest BCUT2D eigenvalue weighted by molar-refractivity contribution is 6.24. The molecule has 9 heteroatoms. The van der Waals surface area contributed by atoms with Crippen LogP contribution in [0, 0.1) is 0 Å². The molecule has 9 nitrogen and oxygen atoms in total. The Kier molecular flexibility index (Phi) is 7.11. The van der Waals surface area contributed by atoms with Gasteiger partial charge < -0.3 is 14.8 Å². The van der Waals surface area contributed by atoms with E-state index in [1.165, 1.54) is 5.57 Å². The number of hydrogen-bond acceptors (Lipinski definition) is 8. The summed E-state index contributed by atoms with van der Waals surface area (Å²) in [6, 6.07) is 11.6. The summed E-state index contributed by atoms with van der Waals surface area (Å²) < 4.78 is 12.4. The Labute approximate surface area is 210 Å². The number of anilines is 1. The van der Waals surface area contributed by atoms with Crippen LogP contribution in [0.25, 0.3) is 16.7 Å². The van der Waals surface area contributed by atoms with Gasteiger partial charge in [0.1, 0.15) is 11.3 Å². The highest BCUT2D eigenvalue weighted by Gasteiger charge is 2.19. The van der Waals surface area contributed by atoms with Gasteiger partial charge in [-0.1, -0.05) is 12.1 Å². The molecule has 0 saturated carbocycles. The summed E-state index contributed by atoms with van der Waals surface area (Å²) in [5.41, 5.74) is 6.04. The van der Waals surface area contributed by atoms with Gasteiger partial charge in [0.2, 0.25) is 0 Å². The zero-order valence-electron chi connectivity index (χ0n) is 21.1. The molecule has 1 aromatic carbocycles. The SMILES string of the molecule is COc1ccc(Cn2c(=O)c(NCCN3CCOCC3)nc3ccc(C4=C(C)CN=C4C)nc32)cc1. The molecule has 0 amide bonds. The topological polar surface area (TPSA) is 93.9 Å². The van der Waals surface area contributed by atoms with Crippen LogP contribution in [0.1, 0.15) is 25.1 Å². The molecular formula is C27H32N6O3. The lowest BCUT2D eigenvalue weighted by atomic mass is 10.0. The van der Waals surface area contributed by atoms with Crippen molar-refractivity contribution < 1.29 is 9.47 Å².